The third kappa shape index (κ3) is 7.53. The van der Waals surface area contributed by atoms with Gasteiger partial charge in [0.05, 0.1) is 13.7 Å². The molecule has 0 heterocycles. The van der Waals surface area contributed by atoms with Gasteiger partial charge in [-0.15, -0.1) is 0 Å². The Morgan fingerprint density at radius 2 is 1.59 bits per heavy atom. The number of amides is 2. The number of benzene rings is 2. The first-order chi connectivity index (χ1) is 14.0. The highest BCUT2D eigenvalue weighted by Gasteiger charge is 2.11. The first-order valence-electron chi connectivity index (χ1n) is 9.08. The third-order valence-corrected chi connectivity index (χ3v) is 3.90. The fourth-order valence-electron chi connectivity index (χ4n) is 2.38. The van der Waals surface area contributed by atoms with E-state index in [4.69, 9.17) is 14.2 Å². The van der Waals surface area contributed by atoms with E-state index in [0.29, 0.717) is 17.2 Å². The molecule has 0 spiro atoms. The van der Waals surface area contributed by atoms with E-state index in [0.717, 1.165) is 12.0 Å². The number of ether oxygens (including phenoxy) is 3. The summed E-state index contributed by atoms with van der Waals surface area (Å²) >= 11 is 0. The van der Waals surface area contributed by atoms with E-state index >= 15 is 0 Å². The average Bonchev–Trinajstić information content (AvgIpc) is 2.75. The van der Waals surface area contributed by atoms with Crippen LogP contribution in [0.25, 0.3) is 0 Å². The number of carbonyl (C=O) groups is 3. The Bertz CT molecular complexity index is 835. The number of hydrogen-bond donors (Lipinski definition) is 2. The molecule has 8 nitrogen and oxygen atoms in total. The Hall–Kier alpha value is -3.55. The molecule has 0 aliphatic rings. The highest BCUT2D eigenvalue weighted by atomic mass is 16.6. The molecule has 2 aromatic rings. The number of hydrogen-bond acceptors (Lipinski definition) is 6. The Balaban J connectivity index is 1.65. The summed E-state index contributed by atoms with van der Waals surface area (Å²) < 4.78 is 15.1. The number of nitrogens with one attached hydrogen (secondary N) is 2. The molecule has 0 bridgehead atoms. The van der Waals surface area contributed by atoms with Crippen LogP contribution in [-0.4, -0.2) is 44.7 Å². The van der Waals surface area contributed by atoms with E-state index in [2.05, 4.69) is 10.6 Å². The number of para-hydroxylation sites is 1. The summed E-state index contributed by atoms with van der Waals surface area (Å²) in [5, 5.41) is 5.14. The van der Waals surface area contributed by atoms with E-state index in [9.17, 15) is 14.4 Å². The summed E-state index contributed by atoms with van der Waals surface area (Å²) in [5.74, 6) is -0.512. The first-order valence-corrected chi connectivity index (χ1v) is 9.08. The van der Waals surface area contributed by atoms with Crippen LogP contribution in [0.5, 0.6) is 11.5 Å². The van der Waals surface area contributed by atoms with Gasteiger partial charge in [0.15, 0.2) is 13.2 Å². The van der Waals surface area contributed by atoms with E-state index in [1.807, 2.05) is 25.1 Å². The van der Waals surface area contributed by atoms with Crippen LogP contribution in [0.3, 0.4) is 0 Å². The van der Waals surface area contributed by atoms with Crippen molar-refractivity contribution in [2.45, 2.75) is 13.3 Å². The monoisotopic (exact) mass is 400 g/mol. The lowest BCUT2D eigenvalue weighted by Gasteiger charge is -2.10. The molecule has 154 valence electrons. The van der Waals surface area contributed by atoms with Gasteiger partial charge in [-0.1, -0.05) is 25.1 Å². The van der Waals surface area contributed by atoms with Crippen LogP contribution in [-0.2, 0) is 25.5 Å². The zero-order chi connectivity index (χ0) is 21.1. The maximum Gasteiger partial charge on any atom is 0.344 e. The molecule has 29 heavy (non-hydrogen) atoms. The van der Waals surface area contributed by atoms with E-state index < -0.39 is 18.5 Å². The van der Waals surface area contributed by atoms with E-state index in [1.54, 1.807) is 37.4 Å². The van der Waals surface area contributed by atoms with Gasteiger partial charge in [0.1, 0.15) is 11.5 Å². The number of anilines is 1. The molecule has 0 aliphatic carbocycles. The minimum Gasteiger partial charge on any atom is -0.497 e. The van der Waals surface area contributed by atoms with Crippen molar-refractivity contribution >= 4 is 23.5 Å². The largest absolute Gasteiger partial charge is 0.497 e. The van der Waals surface area contributed by atoms with Crippen LogP contribution in [0.15, 0.2) is 48.5 Å². The molecule has 0 saturated carbocycles. The van der Waals surface area contributed by atoms with Gasteiger partial charge in [-0.2, -0.15) is 0 Å². The molecule has 8 heteroatoms. The van der Waals surface area contributed by atoms with Crippen LogP contribution in [0.2, 0.25) is 0 Å². The van der Waals surface area contributed by atoms with E-state index in [1.165, 1.54) is 0 Å². The molecule has 0 radical (unpaired) electrons. The maximum atomic E-state index is 12.0. The van der Waals surface area contributed by atoms with Crippen molar-refractivity contribution in [3.05, 3.63) is 54.1 Å². The Morgan fingerprint density at radius 1 is 0.897 bits per heavy atom. The minimum absolute atomic E-state index is 0.225. The molecule has 2 N–H and O–H groups in total. The van der Waals surface area contributed by atoms with Crippen LogP contribution in [0.4, 0.5) is 5.69 Å². The lowest BCUT2D eigenvalue weighted by molar-refractivity contribution is -0.150. The zero-order valence-electron chi connectivity index (χ0n) is 16.4. The van der Waals surface area contributed by atoms with Gasteiger partial charge in [0, 0.05) is 5.69 Å². The molecule has 2 aromatic carbocycles. The smallest absolute Gasteiger partial charge is 0.344 e. The average molecular weight is 400 g/mol. The van der Waals surface area contributed by atoms with Crippen LogP contribution < -0.4 is 20.1 Å². The SMILES string of the molecule is CCc1ccccc1NC(=O)CNC(=O)COC(=O)COc1ccc(OC)cc1. The number of rotatable bonds is 10. The molecular formula is C21H24N2O6. The standard InChI is InChI=1S/C21H24N2O6/c1-3-15-6-4-5-7-18(15)23-19(24)12-22-20(25)13-29-21(26)14-28-17-10-8-16(27-2)9-11-17/h4-11H,3,12-14H2,1-2H3,(H,22,25)(H,23,24). The number of methoxy groups -OCH3 is 1. The number of carbonyl (C=O) groups excluding carboxylic acids is 3. The van der Waals surface area contributed by atoms with Crippen molar-refractivity contribution < 1.29 is 28.6 Å². The van der Waals surface area contributed by atoms with Crippen molar-refractivity contribution in [3.63, 3.8) is 0 Å². The van der Waals surface area contributed by atoms with Gasteiger partial charge in [-0.3, -0.25) is 9.59 Å². The maximum absolute atomic E-state index is 12.0. The predicted octanol–water partition coefficient (Wildman–Crippen LogP) is 1.93. The molecule has 0 unspecified atom stereocenters. The molecule has 0 atom stereocenters. The molecule has 0 aromatic heterocycles. The summed E-state index contributed by atoms with van der Waals surface area (Å²) in [4.78, 5) is 35.4. The molecule has 2 amide bonds. The normalized spacial score (nSPS) is 10.0. The fraction of sp³-hybridized carbons (Fsp3) is 0.286. The minimum atomic E-state index is -0.697. The fourth-order valence-corrected chi connectivity index (χ4v) is 2.38. The Labute approximate surface area is 169 Å². The summed E-state index contributed by atoms with van der Waals surface area (Å²) in [5.41, 5.74) is 1.70. The highest BCUT2D eigenvalue weighted by Crippen LogP contribution is 2.17. The van der Waals surface area contributed by atoms with Gasteiger partial charge >= 0.3 is 5.97 Å². The first kappa shape index (κ1) is 21.7. The van der Waals surface area contributed by atoms with Crippen LogP contribution >= 0.6 is 0 Å². The second-order valence-corrected chi connectivity index (χ2v) is 5.96. The molecule has 0 saturated heterocycles. The van der Waals surface area contributed by atoms with Crippen molar-refractivity contribution in [2.75, 3.05) is 32.2 Å². The van der Waals surface area contributed by atoms with Crippen molar-refractivity contribution in [3.8, 4) is 11.5 Å². The van der Waals surface area contributed by atoms with Crippen LogP contribution in [0.1, 0.15) is 12.5 Å². The molecule has 0 fully saturated rings. The number of esters is 1. The van der Waals surface area contributed by atoms with Crippen molar-refractivity contribution in [2.24, 2.45) is 0 Å². The Kier molecular flexibility index (Phi) is 8.50. The lowest BCUT2D eigenvalue weighted by Crippen LogP contribution is -2.36. The second kappa shape index (κ2) is 11.3. The second-order valence-electron chi connectivity index (χ2n) is 5.96. The lowest BCUT2D eigenvalue weighted by atomic mass is 10.1. The van der Waals surface area contributed by atoms with Crippen LogP contribution in [0, 0.1) is 0 Å². The van der Waals surface area contributed by atoms with Crippen molar-refractivity contribution in [1.29, 1.82) is 0 Å². The van der Waals surface area contributed by atoms with Gasteiger partial charge < -0.3 is 24.8 Å². The summed E-state index contributed by atoms with van der Waals surface area (Å²) in [6, 6.07) is 14.1. The quantitative estimate of drug-likeness (QED) is 0.591. The topological polar surface area (TPSA) is 103 Å². The number of aryl methyl sites for hydroxylation is 1. The molecule has 0 aliphatic heterocycles. The molecule has 2 rings (SSSR count). The summed E-state index contributed by atoms with van der Waals surface area (Å²) in [6.45, 7) is 0.924. The van der Waals surface area contributed by atoms with Gasteiger partial charge in [-0.25, -0.2) is 4.79 Å². The van der Waals surface area contributed by atoms with Gasteiger partial charge in [0.25, 0.3) is 5.91 Å². The summed E-state index contributed by atoms with van der Waals surface area (Å²) in [7, 11) is 1.55. The third-order valence-electron chi connectivity index (χ3n) is 3.90. The predicted molar refractivity (Wildman–Crippen MR) is 107 cm³/mol. The van der Waals surface area contributed by atoms with Gasteiger partial charge in [-0.05, 0) is 42.3 Å². The van der Waals surface area contributed by atoms with E-state index in [-0.39, 0.29) is 19.1 Å². The molecular weight excluding hydrogens is 376 g/mol. The Morgan fingerprint density at radius 3 is 2.28 bits per heavy atom. The highest BCUT2D eigenvalue weighted by molar-refractivity contribution is 5.95. The zero-order valence-corrected chi connectivity index (χ0v) is 16.4. The van der Waals surface area contributed by atoms with Gasteiger partial charge in [0.2, 0.25) is 5.91 Å². The summed E-state index contributed by atoms with van der Waals surface area (Å²) in [6.07, 6.45) is 0.775. The van der Waals surface area contributed by atoms with Crippen molar-refractivity contribution in [1.82, 2.24) is 5.32 Å².